The number of nitrogens with one attached hydrogen (secondary N) is 2. The van der Waals surface area contributed by atoms with Crippen LogP contribution < -0.4 is 10.6 Å². The summed E-state index contributed by atoms with van der Waals surface area (Å²) in [7, 11) is 0. The summed E-state index contributed by atoms with van der Waals surface area (Å²) in [6.07, 6.45) is 0. The van der Waals surface area contributed by atoms with Crippen molar-refractivity contribution in [3.63, 3.8) is 0 Å². The van der Waals surface area contributed by atoms with Crippen LogP contribution in [0.5, 0.6) is 5.75 Å². The van der Waals surface area contributed by atoms with Gasteiger partial charge in [-0.25, -0.2) is 4.79 Å². The van der Waals surface area contributed by atoms with E-state index in [9.17, 15) is 9.90 Å². The highest BCUT2D eigenvalue weighted by Crippen LogP contribution is 2.45. The van der Waals surface area contributed by atoms with E-state index in [-0.39, 0.29) is 11.8 Å². The van der Waals surface area contributed by atoms with E-state index in [1.54, 1.807) is 18.2 Å². The Hall–Kier alpha value is -1.79. The maximum Gasteiger partial charge on any atom is 0.319 e. The van der Waals surface area contributed by atoms with Gasteiger partial charge in [0.1, 0.15) is 5.75 Å². The summed E-state index contributed by atoms with van der Waals surface area (Å²) in [5, 5.41) is 15.1. The Bertz CT molecular complexity index is 688. The molecule has 0 aliphatic carbocycles. The first-order chi connectivity index (χ1) is 11.2. The summed E-state index contributed by atoms with van der Waals surface area (Å²) in [5.74, 6) is 2.55. The van der Waals surface area contributed by atoms with E-state index in [1.807, 2.05) is 47.8 Å². The number of amides is 2. The molecule has 0 saturated carbocycles. The Labute approximate surface area is 144 Å². The Kier molecular flexibility index (Phi) is 5.35. The van der Waals surface area contributed by atoms with Crippen molar-refractivity contribution in [2.24, 2.45) is 0 Å². The van der Waals surface area contributed by atoms with Crippen molar-refractivity contribution in [2.75, 3.05) is 16.8 Å². The molecule has 23 heavy (non-hydrogen) atoms. The van der Waals surface area contributed by atoms with Gasteiger partial charge >= 0.3 is 6.03 Å². The van der Waals surface area contributed by atoms with Crippen LogP contribution in [-0.2, 0) is 6.54 Å². The Morgan fingerprint density at radius 3 is 2.70 bits per heavy atom. The van der Waals surface area contributed by atoms with Crippen LogP contribution in [0.3, 0.4) is 0 Å². The number of carbonyl (C=O) groups excluding carboxylic acids is 1. The van der Waals surface area contributed by atoms with Crippen molar-refractivity contribution in [3.8, 4) is 5.75 Å². The summed E-state index contributed by atoms with van der Waals surface area (Å²) >= 11 is 3.89. The van der Waals surface area contributed by atoms with Gasteiger partial charge in [-0.05, 0) is 35.4 Å². The molecular formula is C17H18N2O2S2. The van der Waals surface area contributed by atoms with Gasteiger partial charge < -0.3 is 15.7 Å². The molecule has 0 unspecified atom stereocenters. The third kappa shape index (κ3) is 4.59. The number of urea groups is 1. The van der Waals surface area contributed by atoms with E-state index < -0.39 is 0 Å². The van der Waals surface area contributed by atoms with Crippen LogP contribution in [0, 0.1) is 0 Å². The van der Waals surface area contributed by atoms with Gasteiger partial charge in [-0.3, -0.25) is 0 Å². The third-order valence-electron chi connectivity index (χ3n) is 3.40. The quantitative estimate of drug-likeness (QED) is 0.777. The Morgan fingerprint density at radius 2 is 1.91 bits per heavy atom. The maximum atomic E-state index is 12.0. The van der Waals surface area contributed by atoms with Gasteiger partial charge in [-0.1, -0.05) is 24.3 Å². The van der Waals surface area contributed by atoms with E-state index in [0.717, 1.165) is 11.3 Å². The molecule has 1 aliphatic heterocycles. The van der Waals surface area contributed by atoms with Crippen LogP contribution in [0.25, 0.3) is 0 Å². The number of thioether (sulfide) groups is 2. The van der Waals surface area contributed by atoms with Crippen LogP contribution in [0.2, 0.25) is 0 Å². The molecule has 0 atom stereocenters. The molecule has 1 aliphatic rings. The smallest absolute Gasteiger partial charge is 0.319 e. The van der Waals surface area contributed by atoms with E-state index in [1.165, 1.54) is 17.1 Å². The number of aromatic hydroxyl groups is 1. The molecule has 0 spiro atoms. The van der Waals surface area contributed by atoms with Crippen LogP contribution >= 0.6 is 23.5 Å². The van der Waals surface area contributed by atoms with Gasteiger partial charge in [-0.15, -0.1) is 23.5 Å². The second-order valence-electron chi connectivity index (χ2n) is 5.18. The zero-order valence-electron chi connectivity index (χ0n) is 12.5. The van der Waals surface area contributed by atoms with Gasteiger partial charge in [0.25, 0.3) is 0 Å². The molecular weight excluding hydrogens is 328 g/mol. The molecule has 1 fully saturated rings. The summed E-state index contributed by atoms with van der Waals surface area (Å²) in [6.45, 7) is 0.369. The number of anilines is 1. The molecule has 0 aromatic heterocycles. The minimum atomic E-state index is -0.253. The number of phenols is 1. The lowest BCUT2D eigenvalue weighted by atomic mass is 10.2. The molecule has 4 nitrogen and oxygen atoms in total. The van der Waals surface area contributed by atoms with Gasteiger partial charge in [0.15, 0.2) is 0 Å². The second-order valence-corrected chi connectivity index (χ2v) is 7.90. The normalized spacial score (nSPS) is 14.6. The lowest BCUT2D eigenvalue weighted by Crippen LogP contribution is -2.28. The van der Waals surface area contributed by atoms with Crippen molar-refractivity contribution >= 4 is 35.2 Å². The monoisotopic (exact) mass is 346 g/mol. The van der Waals surface area contributed by atoms with Crippen molar-refractivity contribution in [1.82, 2.24) is 5.32 Å². The molecule has 3 rings (SSSR count). The summed E-state index contributed by atoms with van der Waals surface area (Å²) in [4.78, 5) is 12.0. The molecule has 120 valence electrons. The topological polar surface area (TPSA) is 61.4 Å². The predicted molar refractivity (Wildman–Crippen MR) is 98.1 cm³/mol. The largest absolute Gasteiger partial charge is 0.508 e. The molecule has 0 bridgehead atoms. The fraction of sp³-hybridized carbons (Fsp3) is 0.235. The zero-order chi connectivity index (χ0) is 16.1. The SMILES string of the molecule is O=C(NCc1cccc(O)c1)Nc1cccc(C2SCCS2)c1. The number of hydrogen-bond donors (Lipinski definition) is 3. The maximum absolute atomic E-state index is 12.0. The Morgan fingerprint density at radius 1 is 1.13 bits per heavy atom. The van der Waals surface area contributed by atoms with Crippen LogP contribution in [0.4, 0.5) is 10.5 Å². The molecule has 1 heterocycles. The second kappa shape index (κ2) is 7.66. The third-order valence-corrected chi connectivity index (χ3v) is 6.51. The van der Waals surface area contributed by atoms with Crippen molar-refractivity contribution in [3.05, 3.63) is 59.7 Å². The summed E-state index contributed by atoms with van der Waals surface area (Å²) in [5.41, 5.74) is 2.89. The van der Waals surface area contributed by atoms with Crippen LogP contribution in [0.1, 0.15) is 15.7 Å². The average molecular weight is 346 g/mol. The van der Waals surface area contributed by atoms with Gasteiger partial charge in [0.2, 0.25) is 0 Å². The minimum absolute atomic E-state index is 0.198. The van der Waals surface area contributed by atoms with E-state index in [4.69, 9.17) is 0 Å². The summed E-state index contributed by atoms with van der Waals surface area (Å²) < 4.78 is 0.465. The molecule has 2 aromatic carbocycles. The molecule has 2 aromatic rings. The number of carbonyl (C=O) groups is 1. The van der Waals surface area contributed by atoms with Gasteiger partial charge in [0.05, 0.1) is 4.58 Å². The van der Waals surface area contributed by atoms with Crippen molar-refractivity contribution in [2.45, 2.75) is 11.1 Å². The fourth-order valence-electron chi connectivity index (χ4n) is 2.34. The standard InChI is InChI=1S/C17H18N2O2S2/c20-15-6-1-3-12(9-15)11-18-17(21)19-14-5-2-4-13(10-14)16-22-7-8-23-16/h1-6,9-10,16,20H,7-8,11H2,(H2,18,19,21). The van der Waals surface area contributed by atoms with Crippen LogP contribution in [0.15, 0.2) is 48.5 Å². The minimum Gasteiger partial charge on any atom is -0.508 e. The van der Waals surface area contributed by atoms with Crippen molar-refractivity contribution in [1.29, 1.82) is 0 Å². The average Bonchev–Trinajstić information content (AvgIpc) is 3.08. The van der Waals surface area contributed by atoms with E-state index in [0.29, 0.717) is 11.1 Å². The molecule has 3 N–H and O–H groups in total. The first-order valence-corrected chi connectivity index (χ1v) is 9.46. The Balaban J connectivity index is 1.56. The number of hydrogen-bond acceptors (Lipinski definition) is 4. The van der Waals surface area contributed by atoms with Crippen LogP contribution in [-0.4, -0.2) is 22.6 Å². The zero-order valence-corrected chi connectivity index (χ0v) is 14.1. The number of benzene rings is 2. The van der Waals surface area contributed by atoms with Gasteiger partial charge in [-0.2, -0.15) is 0 Å². The molecule has 2 amide bonds. The lowest BCUT2D eigenvalue weighted by Gasteiger charge is -2.12. The van der Waals surface area contributed by atoms with E-state index in [2.05, 4.69) is 16.7 Å². The number of phenolic OH excluding ortho intramolecular Hbond substituents is 1. The lowest BCUT2D eigenvalue weighted by molar-refractivity contribution is 0.251. The number of rotatable bonds is 4. The summed E-state index contributed by atoms with van der Waals surface area (Å²) in [6, 6.07) is 14.6. The fourth-order valence-corrected chi connectivity index (χ4v) is 5.18. The molecule has 1 saturated heterocycles. The predicted octanol–water partition coefficient (Wildman–Crippen LogP) is 4.19. The first-order valence-electron chi connectivity index (χ1n) is 7.37. The van der Waals surface area contributed by atoms with Gasteiger partial charge in [0, 0.05) is 23.7 Å². The highest BCUT2D eigenvalue weighted by molar-refractivity contribution is 8.19. The molecule has 0 radical (unpaired) electrons. The van der Waals surface area contributed by atoms with Crippen molar-refractivity contribution < 1.29 is 9.90 Å². The van der Waals surface area contributed by atoms with E-state index >= 15 is 0 Å². The first kappa shape index (κ1) is 16.1. The molecule has 6 heteroatoms. The highest BCUT2D eigenvalue weighted by Gasteiger charge is 2.18. The highest BCUT2D eigenvalue weighted by atomic mass is 32.2.